The highest BCUT2D eigenvalue weighted by molar-refractivity contribution is 6.16. The van der Waals surface area contributed by atoms with Gasteiger partial charge < -0.3 is 23.8 Å². The minimum Gasteiger partial charge on any atom is -0.465 e. The van der Waals surface area contributed by atoms with Gasteiger partial charge in [0.15, 0.2) is 0 Å². The van der Waals surface area contributed by atoms with Crippen molar-refractivity contribution in [1.29, 1.82) is 0 Å². The normalized spacial score (nSPS) is 9.04. The van der Waals surface area contributed by atoms with Crippen molar-refractivity contribution in [3.63, 3.8) is 0 Å². The van der Waals surface area contributed by atoms with Crippen molar-refractivity contribution >= 4 is 23.9 Å². The van der Waals surface area contributed by atoms with E-state index in [4.69, 9.17) is 0 Å². The van der Waals surface area contributed by atoms with E-state index in [1.165, 1.54) is 6.20 Å². The molecule has 0 rings (SSSR count). The average Bonchev–Trinajstić information content (AvgIpc) is 2.60. The average molecular weight is 355 g/mol. The van der Waals surface area contributed by atoms with Crippen LogP contribution in [0.15, 0.2) is 35.1 Å². The number of carbonyl (C=O) groups excluding carboxylic acids is 4. The van der Waals surface area contributed by atoms with E-state index in [9.17, 15) is 19.2 Å². The van der Waals surface area contributed by atoms with E-state index in [1.807, 2.05) is 0 Å². The summed E-state index contributed by atoms with van der Waals surface area (Å²) in [6.45, 7) is 0. The molecule has 0 fully saturated rings. The molecule has 0 aromatic rings. The van der Waals surface area contributed by atoms with Crippen molar-refractivity contribution in [2.75, 3.05) is 42.5 Å². The number of esters is 4. The second kappa shape index (κ2) is 10.6. The molecule has 0 amide bonds. The third-order valence-electron chi connectivity index (χ3n) is 2.65. The van der Waals surface area contributed by atoms with Crippen LogP contribution in [0, 0.1) is 0 Å². The maximum Gasteiger partial charge on any atom is 0.345 e. The monoisotopic (exact) mass is 355 g/mol. The predicted octanol–water partition coefficient (Wildman–Crippen LogP) is -0.0233. The molecular formula is C16H21NO8. The largest absolute Gasteiger partial charge is 0.465 e. The van der Waals surface area contributed by atoms with Gasteiger partial charge in [-0.2, -0.15) is 0 Å². The van der Waals surface area contributed by atoms with Crippen molar-refractivity contribution in [1.82, 2.24) is 4.90 Å². The van der Waals surface area contributed by atoms with Crippen LogP contribution in [-0.4, -0.2) is 71.3 Å². The zero-order chi connectivity index (χ0) is 19.6. The lowest BCUT2D eigenvalue weighted by molar-refractivity contribution is -0.145. The summed E-state index contributed by atoms with van der Waals surface area (Å²) in [5.41, 5.74) is -0.700. The number of hydrogen-bond donors (Lipinski definition) is 0. The van der Waals surface area contributed by atoms with Gasteiger partial charge in [-0.3, -0.25) is 0 Å². The molecule has 0 saturated heterocycles. The number of hydrogen-bond acceptors (Lipinski definition) is 9. The molecule has 25 heavy (non-hydrogen) atoms. The van der Waals surface area contributed by atoms with Gasteiger partial charge in [0.05, 0.1) is 28.4 Å². The van der Waals surface area contributed by atoms with Crippen molar-refractivity contribution in [3.8, 4) is 0 Å². The van der Waals surface area contributed by atoms with Crippen molar-refractivity contribution in [3.05, 3.63) is 35.1 Å². The zero-order valence-electron chi connectivity index (χ0n) is 14.9. The van der Waals surface area contributed by atoms with Gasteiger partial charge in [-0.15, -0.1) is 0 Å². The Hall–Kier alpha value is -3.10. The van der Waals surface area contributed by atoms with Gasteiger partial charge >= 0.3 is 23.9 Å². The summed E-state index contributed by atoms with van der Waals surface area (Å²) in [4.78, 5) is 48.6. The fourth-order valence-electron chi connectivity index (χ4n) is 1.59. The van der Waals surface area contributed by atoms with Crippen LogP contribution in [0.2, 0.25) is 0 Å². The Balaban J connectivity index is 6.33. The highest BCUT2D eigenvalue weighted by Crippen LogP contribution is 2.13. The molecule has 0 atom stereocenters. The van der Waals surface area contributed by atoms with Crippen LogP contribution in [0.25, 0.3) is 0 Å². The van der Waals surface area contributed by atoms with Gasteiger partial charge in [-0.25, -0.2) is 19.2 Å². The number of nitrogens with zero attached hydrogens (tertiary/aromatic N) is 1. The molecule has 9 nitrogen and oxygen atoms in total. The van der Waals surface area contributed by atoms with E-state index < -0.39 is 35.0 Å². The van der Waals surface area contributed by atoms with Crippen LogP contribution in [-0.2, 0) is 38.1 Å². The summed E-state index contributed by atoms with van der Waals surface area (Å²) in [5, 5.41) is 0. The summed E-state index contributed by atoms with van der Waals surface area (Å²) in [7, 11) is 7.70. The molecule has 9 heteroatoms. The Morgan fingerprint density at radius 3 is 1.12 bits per heavy atom. The SMILES string of the molecule is COC(=O)C(=CC(=CN(C)C)C=C(C(=O)OC)C(=O)OC)C(=O)OC. The van der Waals surface area contributed by atoms with E-state index in [1.54, 1.807) is 19.0 Å². The molecule has 0 N–H and O–H groups in total. The second-order valence-corrected chi connectivity index (χ2v) is 4.68. The quantitative estimate of drug-likeness (QED) is 0.155. The molecule has 0 aromatic carbocycles. The Morgan fingerprint density at radius 1 is 0.640 bits per heavy atom. The van der Waals surface area contributed by atoms with Crippen molar-refractivity contribution in [2.45, 2.75) is 0 Å². The number of methoxy groups -OCH3 is 4. The minimum atomic E-state index is -0.942. The minimum absolute atomic E-state index is 0.154. The maximum absolute atomic E-state index is 11.8. The molecule has 0 saturated carbocycles. The van der Waals surface area contributed by atoms with Gasteiger partial charge in [0, 0.05) is 20.3 Å². The summed E-state index contributed by atoms with van der Waals surface area (Å²) >= 11 is 0. The van der Waals surface area contributed by atoms with E-state index in [2.05, 4.69) is 18.9 Å². The van der Waals surface area contributed by atoms with Gasteiger partial charge in [0.2, 0.25) is 0 Å². The second-order valence-electron chi connectivity index (χ2n) is 4.68. The van der Waals surface area contributed by atoms with Gasteiger partial charge in [0.1, 0.15) is 11.1 Å². The topological polar surface area (TPSA) is 108 Å². The molecule has 0 radical (unpaired) electrons. The summed E-state index contributed by atoms with van der Waals surface area (Å²) in [5.74, 6) is -3.77. The van der Waals surface area contributed by atoms with Crippen LogP contribution in [0.1, 0.15) is 0 Å². The number of carbonyl (C=O) groups is 4. The first-order valence-corrected chi connectivity index (χ1v) is 6.86. The summed E-state index contributed by atoms with van der Waals surface area (Å²) < 4.78 is 18.1. The van der Waals surface area contributed by atoms with Crippen LogP contribution in [0.3, 0.4) is 0 Å². The lowest BCUT2D eigenvalue weighted by Crippen LogP contribution is -2.18. The highest BCUT2D eigenvalue weighted by Gasteiger charge is 2.23. The van der Waals surface area contributed by atoms with Gasteiger partial charge in [-0.1, -0.05) is 0 Å². The van der Waals surface area contributed by atoms with Crippen LogP contribution < -0.4 is 0 Å². The van der Waals surface area contributed by atoms with E-state index in [0.29, 0.717) is 0 Å². The van der Waals surface area contributed by atoms with Gasteiger partial charge in [0.25, 0.3) is 0 Å². The molecule has 0 aliphatic rings. The third-order valence-corrected chi connectivity index (χ3v) is 2.65. The molecule has 0 aliphatic heterocycles. The Kier molecular flexibility index (Phi) is 9.31. The lowest BCUT2D eigenvalue weighted by Gasteiger charge is -2.10. The molecule has 0 bridgehead atoms. The molecular weight excluding hydrogens is 334 g/mol. The van der Waals surface area contributed by atoms with Crippen LogP contribution in [0.4, 0.5) is 0 Å². The first-order chi connectivity index (χ1) is 11.7. The van der Waals surface area contributed by atoms with E-state index in [-0.39, 0.29) is 5.57 Å². The van der Waals surface area contributed by atoms with Gasteiger partial charge in [-0.05, 0) is 17.7 Å². The molecule has 138 valence electrons. The van der Waals surface area contributed by atoms with Crippen molar-refractivity contribution in [2.24, 2.45) is 0 Å². The first kappa shape index (κ1) is 21.9. The maximum atomic E-state index is 11.8. The van der Waals surface area contributed by atoms with E-state index >= 15 is 0 Å². The third kappa shape index (κ3) is 6.90. The molecule has 0 spiro atoms. The Morgan fingerprint density at radius 2 is 0.920 bits per heavy atom. The molecule has 0 aliphatic carbocycles. The molecule has 0 aromatic heterocycles. The fraction of sp³-hybridized carbons (Fsp3) is 0.375. The summed E-state index contributed by atoms with van der Waals surface area (Å²) in [6.07, 6.45) is 3.69. The number of allylic oxidation sites excluding steroid dienone is 3. The Labute approximate surface area is 145 Å². The number of rotatable bonds is 7. The summed E-state index contributed by atoms with van der Waals surface area (Å²) in [6, 6.07) is 0. The number of ether oxygens (including phenoxy) is 4. The first-order valence-electron chi connectivity index (χ1n) is 6.86. The van der Waals surface area contributed by atoms with Crippen molar-refractivity contribution < 1.29 is 38.1 Å². The highest BCUT2D eigenvalue weighted by atomic mass is 16.5. The van der Waals surface area contributed by atoms with E-state index in [0.717, 1.165) is 40.6 Å². The smallest absolute Gasteiger partial charge is 0.345 e. The van der Waals surface area contributed by atoms with Crippen LogP contribution >= 0.6 is 0 Å². The molecule has 0 unspecified atom stereocenters. The molecule has 0 heterocycles. The fourth-order valence-corrected chi connectivity index (χ4v) is 1.59. The van der Waals surface area contributed by atoms with Crippen LogP contribution in [0.5, 0.6) is 0 Å². The lowest BCUT2D eigenvalue weighted by atomic mass is 10.1. The zero-order valence-corrected chi connectivity index (χ0v) is 14.9. The predicted molar refractivity (Wildman–Crippen MR) is 86.0 cm³/mol. The Bertz CT molecular complexity index is 544. The standard InChI is InChI=1S/C16H21NO8/c1-17(2)9-10(7-11(13(18)22-3)14(19)23-4)8-12(15(20)24-5)16(21)25-6/h7-9H,1-6H3.